The number of amidine groups is 1. The van der Waals surface area contributed by atoms with Crippen LogP contribution in [0.15, 0.2) is 162 Å². The first kappa shape index (κ1) is 34.1. The van der Waals surface area contributed by atoms with Crippen LogP contribution in [0.2, 0.25) is 0 Å². The summed E-state index contributed by atoms with van der Waals surface area (Å²) >= 11 is 0. The third kappa shape index (κ3) is 6.52. The molecule has 0 saturated carbocycles. The van der Waals surface area contributed by atoms with Gasteiger partial charge in [-0.3, -0.25) is 4.99 Å². The molecule has 6 aromatic carbocycles. The Bertz CT molecular complexity index is 2210. The molecule has 1 aliphatic rings. The fraction of sp³-hybridized carbons (Fsp3) is 0.224. The van der Waals surface area contributed by atoms with Crippen LogP contribution in [-0.2, 0) is 5.41 Å². The van der Waals surface area contributed by atoms with Gasteiger partial charge >= 0.3 is 0 Å². The maximum Gasteiger partial charge on any atom is 0.156 e. The molecule has 0 N–H and O–H groups in total. The van der Waals surface area contributed by atoms with Crippen LogP contribution >= 0.6 is 0 Å². The zero-order chi connectivity index (χ0) is 35.4. The van der Waals surface area contributed by atoms with Crippen LogP contribution in [0.3, 0.4) is 0 Å². The van der Waals surface area contributed by atoms with Gasteiger partial charge in [-0.2, -0.15) is 0 Å². The second kappa shape index (κ2) is 14.9. The predicted molar refractivity (Wildman–Crippen MR) is 219 cm³/mol. The van der Waals surface area contributed by atoms with Gasteiger partial charge in [0.05, 0.1) is 6.04 Å². The molecule has 2 unspecified atom stereocenters. The first-order chi connectivity index (χ1) is 25.0. The summed E-state index contributed by atoms with van der Waals surface area (Å²) in [6.07, 6.45) is 6.89. The van der Waals surface area contributed by atoms with E-state index in [0.29, 0.717) is 5.92 Å². The van der Waals surface area contributed by atoms with Crippen LogP contribution in [-0.4, -0.2) is 11.5 Å². The molecule has 0 spiro atoms. The normalized spacial score (nSPS) is 16.3. The number of rotatable bonds is 11. The summed E-state index contributed by atoms with van der Waals surface area (Å²) in [5.41, 5.74) is 11.9. The van der Waals surface area contributed by atoms with Gasteiger partial charge in [-0.15, -0.1) is 6.58 Å². The zero-order valence-corrected chi connectivity index (χ0v) is 30.4. The summed E-state index contributed by atoms with van der Waals surface area (Å²) in [6, 6.07) is 50.1. The van der Waals surface area contributed by atoms with Gasteiger partial charge in [-0.25, -0.2) is 4.99 Å². The lowest BCUT2D eigenvalue weighted by Crippen LogP contribution is -2.24. The second-order valence-corrected chi connectivity index (χ2v) is 14.0. The molecule has 0 amide bonds. The summed E-state index contributed by atoms with van der Waals surface area (Å²) in [6.45, 7) is 13.4. The molecule has 2 atom stereocenters. The third-order valence-electron chi connectivity index (χ3n) is 11.2. The number of benzene rings is 6. The van der Waals surface area contributed by atoms with Crippen molar-refractivity contribution in [2.24, 2.45) is 15.9 Å². The van der Waals surface area contributed by atoms with E-state index < -0.39 is 0 Å². The first-order valence-electron chi connectivity index (χ1n) is 18.6. The number of aliphatic imine (C=N–C) groups is 2. The van der Waals surface area contributed by atoms with Crippen molar-refractivity contribution in [3.63, 3.8) is 0 Å². The quantitative estimate of drug-likeness (QED) is 0.0748. The molecule has 0 saturated heterocycles. The van der Waals surface area contributed by atoms with E-state index in [1.807, 2.05) is 6.07 Å². The lowest BCUT2D eigenvalue weighted by molar-refractivity contribution is 0.405. The number of nitrogens with zero attached hydrogens (tertiary/aromatic N) is 2. The van der Waals surface area contributed by atoms with Crippen molar-refractivity contribution in [3.05, 3.63) is 180 Å². The van der Waals surface area contributed by atoms with Gasteiger partial charge in [0.2, 0.25) is 0 Å². The molecule has 2 nitrogen and oxygen atoms in total. The van der Waals surface area contributed by atoms with Crippen molar-refractivity contribution in [2.45, 2.75) is 64.8 Å². The molecule has 0 bridgehead atoms. The number of hydrogen-bond donors (Lipinski definition) is 0. The van der Waals surface area contributed by atoms with Crippen molar-refractivity contribution in [2.75, 3.05) is 0 Å². The van der Waals surface area contributed by atoms with Crippen molar-refractivity contribution < 1.29 is 0 Å². The lowest BCUT2D eigenvalue weighted by Gasteiger charge is -2.32. The lowest BCUT2D eigenvalue weighted by atomic mass is 9.71. The maximum atomic E-state index is 5.27. The summed E-state index contributed by atoms with van der Waals surface area (Å²) < 4.78 is 0. The molecular formula is C49H48N2. The second-order valence-electron chi connectivity index (χ2n) is 14.0. The minimum atomic E-state index is -0.222. The first-order valence-corrected chi connectivity index (χ1v) is 18.6. The Kier molecular flexibility index (Phi) is 9.95. The van der Waals surface area contributed by atoms with Gasteiger partial charge in [0.1, 0.15) is 0 Å². The average molecular weight is 665 g/mol. The molecule has 0 aliphatic heterocycles. The van der Waals surface area contributed by atoms with Gasteiger partial charge in [-0.1, -0.05) is 172 Å². The molecule has 0 heterocycles. The van der Waals surface area contributed by atoms with E-state index in [-0.39, 0.29) is 11.5 Å². The largest absolute Gasteiger partial charge is 0.258 e. The van der Waals surface area contributed by atoms with E-state index >= 15 is 0 Å². The molecule has 7 rings (SSSR count). The van der Waals surface area contributed by atoms with Gasteiger partial charge < -0.3 is 0 Å². The highest BCUT2D eigenvalue weighted by atomic mass is 14.9. The Morgan fingerprint density at radius 1 is 0.706 bits per heavy atom. The monoisotopic (exact) mass is 664 g/mol. The third-order valence-corrected chi connectivity index (χ3v) is 11.2. The average Bonchev–Trinajstić information content (AvgIpc) is 3.48. The van der Waals surface area contributed by atoms with Gasteiger partial charge in [0.25, 0.3) is 0 Å². The Morgan fingerprint density at radius 2 is 1.35 bits per heavy atom. The predicted octanol–water partition coefficient (Wildman–Crippen LogP) is 13.2. The summed E-state index contributed by atoms with van der Waals surface area (Å²) in [4.78, 5) is 10.5. The van der Waals surface area contributed by atoms with Gasteiger partial charge in [0, 0.05) is 16.7 Å². The zero-order valence-electron chi connectivity index (χ0n) is 30.4. The van der Waals surface area contributed by atoms with E-state index in [2.05, 4.69) is 174 Å². The standard InChI is InChI=1S/C49H48N2/c1-6-36(7-2)32-33-49(8-3)46-27-15-14-23-43(46)44-25-17-24-42(47(44)49)40-30-28-38(29-31-40)35(5)51-48(50-34(4)37-18-10-9-11-19-37)45-26-16-21-39-20-12-13-22-41(39)45/h8-31,34,36H,3,6-7,32-33H2,1-2,4-5H3. The van der Waals surface area contributed by atoms with Crippen LogP contribution in [0.1, 0.15) is 87.2 Å². The van der Waals surface area contributed by atoms with E-state index in [1.165, 1.54) is 63.6 Å². The molecule has 0 aromatic heterocycles. The van der Waals surface area contributed by atoms with Crippen molar-refractivity contribution in [1.82, 2.24) is 0 Å². The topological polar surface area (TPSA) is 24.7 Å². The molecule has 1 aliphatic carbocycles. The highest BCUT2D eigenvalue weighted by Crippen LogP contribution is 2.55. The Morgan fingerprint density at radius 3 is 2.12 bits per heavy atom. The molecule has 0 radical (unpaired) electrons. The summed E-state index contributed by atoms with van der Waals surface area (Å²) in [5, 5.41) is 2.33. The smallest absolute Gasteiger partial charge is 0.156 e. The minimum Gasteiger partial charge on any atom is -0.258 e. The molecule has 51 heavy (non-hydrogen) atoms. The fourth-order valence-electron chi connectivity index (χ4n) is 8.13. The van der Waals surface area contributed by atoms with Gasteiger partial charge in [0.15, 0.2) is 5.84 Å². The number of hydrogen-bond acceptors (Lipinski definition) is 1. The summed E-state index contributed by atoms with van der Waals surface area (Å²) in [7, 11) is 0. The molecular weight excluding hydrogens is 617 g/mol. The maximum absolute atomic E-state index is 5.27. The van der Waals surface area contributed by atoms with Crippen molar-refractivity contribution >= 4 is 22.3 Å². The van der Waals surface area contributed by atoms with Gasteiger partial charge in [-0.05, 0) is 87.9 Å². The van der Waals surface area contributed by atoms with E-state index in [0.717, 1.165) is 34.5 Å². The van der Waals surface area contributed by atoms with E-state index in [4.69, 9.17) is 9.98 Å². The molecule has 0 fully saturated rings. The highest BCUT2D eigenvalue weighted by Gasteiger charge is 2.42. The van der Waals surface area contributed by atoms with Crippen molar-refractivity contribution in [3.8, 4) is 22.3 Å². The van der Waals surface area contributed by atoms with E-state index in [1.54, 1.807) is 0 Å². The Hall–Kier alpha value is -5.34. The Labute approximate surface area is 304 Å². The molecule has 2 heteroatoms. The molecule has 6 aromatic rings. The number of allylic oxidation sites excluding steroid dienone is 1. The fourth-order valence-corrected chi connectivity index (χ4v) is 8.13. The van der Waals surface area contributed by atoms with Crippen LogP contribution < -0.4 is 0 Å². The summed E-state index contributed by atoms with van der Waals surface area (Å²) in [5.74, 6) is 1.46. The van der Waals surface area contributed by atoms with E-state index in [9.17, 15) is 0 Å². The Balaban J connectivity index is 1.28. The molecule has 254 valence electrons. The number of fused-ring (bicyclic) bond motifs is 4. The van der Waals surface area contributed by atoms with Crippen LogP contribution in [0.4, 0.5) is 0 Å². The minimum absolute atomic E-state index is 0.0431. The van der Waals surface area contributed by atoms with Crippen LogP contribution in [0.5, 0.6) is 0 Å². The SMILES string of the molecule is C=CC1(CCC(CC)CC)c2ccccc2-c2cccc(-c3ccc(C(C)=NC(=NC(C)c4ccccc4)c4cccc5ccccc45)cc3)c21. The van der Waals surface area contributed by atoms with Crippen LogP contribution in [0.25, 0.3) is 33.0 Å². The highest BCUT2D eigenvalue weighted by molar-refractivity contribution is 6.16. The van der Waals surface area contributed by atoms with Crippen LogP contribution in [0, 0.1) is 5.92 Å². The van der Waals surface area contributed by atoms with Crippen molar-refractivity contribution in [1.29, 1.82) is 0 Å².